The Balaban J connectivity index is 1.73. The fourth-order valence-electron chi connectivity index (χ4n) is 3.22. The van der Waals surface area contributed by atoms with Crippen LogP contribution < -0.4 is 4.74 Å². The first kappa shape index (κ1) is 20.7. The van der Waals surface area contributed by atoms with Crippen LogP contribution in [0.2, 0.25) is 0 Å². The highest BCUT2D eigenvalue weighted by atomic mass is 19.2. The molecule has 150 valence electrons. The van der Waals surface area contributed by atoms with E-state index in [1.165, 1.54) is 17.7 Å². The molecule has 0 bridgehead atoms. The molecule has 2 nitrogen and oxygen atoms in total. The van der Waals surface area contributed by atoms with E-state index in [9.17, 15) is 13.6 Å². The molecule has 0 saturated carbocycles. The molecule has 0 atom stereocenters. The second kappa shape index (κ2) is 9.46. The van der Waals surface area contributed by atoms with Crippen LogP contribution in [0.1, 0.15) is 48.2 Å². The number of aryl methyl sites for hydroxylation is 2. The molecule has 0 spiro atoms. The van der Waals surface area contributed by atoms with Crippen LogP contribution in [0.25, 0.3) is 11.1 Å². The van der Waals surface area contributed by atoms with Crippen LogP contribution in [0.15, 0.2) is 60.7 Å². The van der Waals surface area contributed by atoms with Gasteiger partial charge in [-0.3, -0.25) is 0 Å². The number of carbonyl (C=O) groups excluding carboxylic acids is 1. The first-order valence-corrected chi connectivity index (χ1v) is 9.92. The normalized spacial score (nSPS) is 10.8. The summed E-state index contributed by atoms with van der Waals surface area (Å²) in [7, 11) is 0. The lowest BCUT2D eigenvalue weighted by molar-refractivity contribution is 0.0726. The van der Waals surface area contributed by atoms with Crippen molar-refractivity contribution in [2.75, 3.05) is 0 Å². The van der Waals surface area contributed by atoms with Gasteiger partial charge >= 0.3 is 5.97 Å². The molecule has 0 fully saturated rings. The van der Waals surface area contributed by atoms with Crippen molar-refractivity contribution < 1.29 is 18.3 Å². The van der Waals surface area contributed by atoms with E-state index in [0.29, 0.717) is 12.8 Å². The molecule has 0 saturated heterocycles. The number of hydrogen-bond donors (Lipinski definition) is 0. The Labute approximate surface area is 170 Å². The third-order valence-electron chi connectivity index (χ3n) is 4.80. The molecule has 0 aliphatic heterocycles. The van der Waals surface area contributed by atoms with Gasteiger partial charge in [0.1, 0.15) is 0 Å². The lowest BCUT2D eigenvalue weighted by Crippen LogP contribution is -2.10. The zero-order valence-corrected chi connectivity index (χ0v) is 16.7. The molecule has 3 aromatic rings. The van der Waals surface area contributed by atoms with Crippen molar-refractivity contribution in [3.05, 3.63) is 89.0 Å². The van der Waals surface area contributed by atoms with Gasteiger partial charge in [-0.05, 0) is 53.3 Å². The topological polar surface area (TPSA) is 26.3 Å². The highest BCUT2D eigenvalue weighted by Crippen LogP contribution is 2.25. The minimum atomic E-state index is -1.13. The first-order valence-electron chi connectivity index (χ1n) is 9.92. The summed E-state index contributed by atoms with van der Waals surface area (Å²) in [6.45, 7) is 4.03. The van der Waals surface area contributed by atoms with Crippen LogP contribution in [0.5, 0.6) is 5.75 Å². The monoisotopic (exact) mass is 394 g/mol. The Morgan fingerprint density at radius 3 is 1.93 bits per heavy atom. The fraction of sp³-hybridized carbons (Fsp3) is 0.240. The van der Waals surface area contributed by atoms with Crippen molar-refractivity contribution >= 4 is 5.97 Å². The van der Waals surface area contributed by atoms with E-state index in [4.69, 9.17) is 4.74 Å². The third-order valence-corrected chi connectivity index (χ3v) is 4.80. The van der Waals surface area contributed by atoms with E-state index in [2.05, 4.69) is 19.1 Å². The molecule has 0 aliphatic rings. The number of hydrogen-bond acceptors (Lipinski definition) is 2. The van der Waals surface area contributed by atoms with Crippen molar-refractivity contribution in [1.29, 1.82) is 0 Å². The predicted molar refractivity (Wildman–Crippen MR) is 111 cm³/mol. The van der Waals surface area contributed by atoms with Gasteiger partial charge in [-0.15, -0.1) is 0 Å². The van der Waals surface area contributed by atoms with E-state index >= 15 is 0 Å². The Morgan fingerprint density at radius 1 is 0.759 bits per heavy atom. The Bertz CT molecular complexity index is 977. The molecule has 0 heterocycles. The van der Waals surface area contributed by atoms with E-state index < -0.39 is 23.4 Å². The minimum absolute atomic E-state index is 0.272. The highest BCUT2D eigenvalue weighted by molar-refractivity contribution is 5.91. The Morgan fingerprint density at radius 2 is 1.34 bits per heavy atom. The molecule has 3 rings (SSSR count). The molecule has 0 radical (unpaired) electrons. The number of halogens is 2. The van der Waals surface area contributed by atoms with Crippen molar-refractivity contribution in [3.8, 4) is 16.9 Å². The van der Waals surface area contributed by atoms with Crippen molar-refractivity contribution in [2.24, 2.45) is 0 Å². The van der Waals surface area contributed by atoms with Crippen molar-refractivity contribution in [2.45, 2.75) is 39.5 Å². The molecule has 0 amide bonds. The van der Waals surface area contributed by atoms with Crippen LogP contribution in [0.4, 0.5) is 8.78 Å². The largest absolute Gasteiger partial charge is 0.420 e. The van der Waals surface area contributed by atoms with Gasteiger partial charge in [-0.25, -0.2) is 9.18 Å². The van der Waals surface area contributed by atoms with Crippen LogP contribution in [-0.4, -0.2) is 5.97 Å². The van der Waals surface area contributed by atoms with Gasteiger partial charge in [0.2, 0.25) is 5.82 Å². The molecule has 0 aromatic heterocycles. The van der Waals surface area contributed by atoms with Crippen molar-refractivity contribution in [1.82, 2.24) is 0 Å². The average Bonchev–Trinajstić information content (AvgIpc) is 2.74. The summed E-state index contributed by atoms with van der Waals surface area (Å²) >= 11 is 0. The Kier molecular flexibility index (Phi) is 6.76. The summed E-state index contributed by atoms with van der Waals surface area (Å²) in [4.78, 5) is 12.3. The molecule has 29 heavy (non-hydrogen) atoms. The van der Waals surface area contributed by atoms with E-state index in [-0.39, 0.29) is 11.1 Å². The molecule has 0 unspecified atom stereocenters. The van der Waals surface area contributed by atoms with Crippen LogP contribution in [-0.2, 0) is 12.8 Å². The second-order valence-electron chi connectivity index (χ2n) is 7.01. The first-order chi connectivity index (χ1) is 14.0. The SMILES string of the molecule is CCCc1ccc(-c2ccc(C(=O)Oc3ccc(CCC)c(F)c3F)cc2)cc1. The smallest absolute Gasteiger partial charge is 0.343 e. The zero-order chi connectivity index (χ0) is 20.8. The predicted octanol–water partition coefficient (Wildman–Crippen LogP) is 6.76. The highest BCUT2D eigenvalue weighted by Gasteiger charge is 2.17. The quantitative estimate of drug-likeness (QED) is 0.327. The lowest BCUT2D eigenvalue weighted by atomic mass is 10.0. The number of ether oxygens (including phenoxy) is 1. The summed E-state index contributed by atoms with van der Waals surface area (Å²) in [6, 6.07) is 17.9. The third kappa shape index (κ3) is 4.89. The van der Waals surface area contributed by atoms with Gasteiger partial charge in [0.25, 0.3) is 0 Å². The lowest BCUT2D eigenvalue weighted by Gasteiger charge is -2.09. The number of benzene rings is 3. The minimum Gasteiger partial charge on any atom is -0.420 e. The van der Waals surface area contributed by atoms with Crippen molar-refractivity contribution in [3.63, 3.8) is 0 Å². The summed E-state index contributed by atoms with van der Waals surface area (Å²) in [5, 5.41) is 0. The standard InChI is InChI=1S/C25H24F2O2/c1-3-5-17-7-9-18(10-8-17)19-11-13-21(14-12-19)25(28)29-22-16-15-20(6-4-2)23(26)24(22)27/h7-16H,3-6H2,1-2H3. The van der Waals surface area contributed by atoms with E-state index in [1.54, 1.807) is 12.1 Å². The summed E-state index contributed by atoms with van der Waals surface area (Å²) in [6.07, 6.45) is 3.27. The second-order valence-corrected chi connectivity index (χ2v) is 7.01. The molecule has 3 aromatic carbocycles. The maximum Gasteiger partial charge on any atom is 0.343 e. The number of esters is 1. The van der Waals surface area contributed by atoms with E-state index in [1.807, 2.05) is 31.2 Å². The maximum atomic E-state index is 14.2. The maximum absolute atomic E-state index is 14.2. The molecule has 0 aliphatic carbocycles. The van der Waals surface area contributed by atoms with Gasteiger partial charge in [-0.1, -0.05) is 69.2 Å². The number of carbonyl (C=O) groups is 1. The van der Waals surface area contributed by atoms with E-state index in [0.717, 1.165) is 24.0 Å². The molecule has 0 N–H and O–H groups in total. The Hall–Kier alpha value is -3.01. The summed E-state index contributed by atoms with van der Waals surface area (Å²) in [5.74, 6) is -3.22. The van der Waals surface area contributed by atoms with Gasteiger partial charge in [0, 0.05) is 0 Å². The molecule has 4 heteroatoms. The number of rotatable bonds is 7. The van der Waals surface area contributed by atoms with Gasteiger partial charge < -0.3 is 4.74 Å². The summed E-state index contributed by atoms with van der Waals surface area (Å²) < 4.78 is 33.3. The van der Waals surface area contributed by atoms with Crippen LogP contribution in [0.3, 0.4) is 0 Å². The van der Waals surface area contributed by atoms with Crippen LogP contribution >= 0.6 is 0 Å². The van der Waals surface area contributed by atoms with Gasteiger partial charge in [-0.2, -0.15) is 4.39 Å². The fourth-order valence-corrected chi connectivity index (χ4v) is 3.22. The van der Waals surface area contributed by atoms with Gasteiger partial charge in [0.05, 0.1) is 5.56 Å². The zero-order valence-electron chi connectivity index (χ0n) is 16.7. The van der Waals surface area contributed by atoms with Crippen LogP contribution in [0, 0.1) is 11.6 Å². The molecular formula is C25H24F2O2. The molecular weight excluding hydrogens is 370 g/mol. The summed E-state index contributed by atoms with van der Waals surface area (Å²) in [5.41, 5.74) is 3.85. The average molecular weight is 394 g/mol. The van der Waals surface area contributed by atoms with Gasteiger partial charge in [0.15, 0.2) is 11.6 Å².